The van der Waals surface area contributed by atoms with E-state index in [1.807, 2.05) is 47.4 Å². The molecule has 3 heteroatoms. The second-order valence-corrected chi connectivity index (χ2v) is 7.09. The van der Waals surface area contributed by atoms with Gasteiger partial charge in [0, 0.05) is 19.5 Å². The van der Waals surface area contributed by atoms with E-state index in [0.29, 0.717) is 6.42 Å². The molecule has 26 heavy (non-hydrogen) atoms. The van der Waals surface area contributed by atoms with Crippen molar-refractivity contribution in [3.05, 3.63) is 77.4 Å². The fraction of sp³-hybridized carbons (Fsp3) is 0.348. The van der Waals surface area contributed by atoms with Gasteiger partial charge in [0.15, 0.2) is 0 Å². The summed E-state index contributed by atoms with van der Waals surface area (Å²) in [6.07, 6.45) is 5.64. The molecule has 1 N–H and O–H groups in total. The normalized spacial score (nSPS) is 16.8. The Morgan fingerprint density at radius 2 is 1.77 bits per heavy atom. The minimum Gasteiger partial charge on any atom is -0.388 e. The van der Waals surface area contributed by atoms with Gasteiger partial charge in [-0.25, -0.2) is 0 Å². The van der Waals surface area contributed by atoms with Gasteiger partial charge in [-0.1, -0.05) is 72.3 Å². The fourth-order valence-corrected chi connectivity index (χ4v) is 3.49. The number of carbonyl (C=O) groups excluding carboxylic acids is 1. The highest BCUT2D eigenvalue weighted by molar-refractivity contribution is 5.78. The predicted octanol–water partition coefficient (Wildman–Crippen LogP) is 4.37. The van der Waals surface area contributed by atoms with E-state index >= 15 is 0 Å². The summed E-state index contributed by atoms with van der Waals surface area (Å²) >= 11 is 0. The van der Waals surface area contributed by atoms with Gasteiger partial charge in [-0.05, 0) is 36.8 Å². The van der Waals surface area contributed by atoms with Gasteiger partial charge < -0.3 is 10.0 Å². The number of hydrogen-bond donors (Lipinski definition) is 1. The zero-order chi connectivity index (χ0) is 18.4. The molecule has 1 heterocycles. The Labute approximate surface area is 156 Å². The number of nitrogens with zero attached hydrogens (tertiary/aromatic N) is 1. The number of likely N-dealkylation sites (tertiary alicyclic amines) is 1. The van der Waals surface area contributed by atoms with Crippen LogP contribution < -0.4 is 0 Å². The van der Waals surface area contributed by atoms with E-state index in [0.717, 1.165) is 37.1 Å². The number of hydrogen-bond acceptors (Lipinski definition) is 2. The molecular weight excluding hydrogens is 322 g/mol. The van der Waals surface area contributed by atoms with Gasteiger partial charge in [0.05, 0.1) is 6.10 Å². The molecule has 1 fully saturated rings. The first kappa shape index (κ1) is 18.4. The molecule has 2 aromatic rings. The number of rotatable bonds is 5. The molecule has 1 aliphatic rings. The van der Waals surface area contributed by atoms with Crippen molar-refractivity contribution in [3.8, 4) is 0 Å². The molecule has 1 unspecified atom stereocenters. The summed E-state index contributed by atoms with van der Waals surface area (Å²) < 4.78 is 0. The van der Waals surface area contributed by atoms with Crippen LogP contribution >= 0.6 is 0 Å². The summed E-state index contributed by atoms with van der Waals surface area (Å²) in [5.74, 6) is 0.394. The molecule has 3 rings (SSSR count). The predicted molar refractivity (Wildman–Crippen MR) is 106 cm³/mol. The van der Waals surface area contributed by atoms with E-state index < -0.39 is 6.10 Å². The molecule has 0 aliphatic carbocycles. The van der Waals surface area contributed by atoms with Crippen molar-refractivity contribution in [2.24, 2.45) is 5.92 Å². The SMILES string of the molecule is Cc1ccc(C=CCC(=O)N2CCC(C(O)c3ccccc3)CC2)cc1. The lowest BCUT2D eigenvalue weighted by molar-refractivity contribution is -0.132. The summed E-state index contributed by atoms with van der Waals surface area (Å²) in [5, 5.41) is 10.5. The number of amides is 1. The highest BCUT2D eigenvalue weighted by atomic mass is 16.3. The number of aliphatic hydroxyl groups excluding tert-OH is 1. The Morgan fingerprint density at radius 1 is 1.12 bits per heavy atom. The topological polar surface area (TPSA) is 40.5 Å². The number of carbonyl (C=O) groups is 1. The zero-order valence-electron chi connectivity index (χ0n) is 15.3. The van der Waals surface area contributed by atoms with Gasteiger partial charge in [0.1, 0.15) is 0 Å². The van der Waals surface area contributed by atoms with Crippen molar-refractivity contribution in [2.45, 2.75) is 32.3 Å². The molecule has 0 aromatic heterocycles. The van der Waals surface area contributed by atoms with E-state index in [2.05, 4.69) is 31.2 Å². The van der Waals surface area contributed by atoms with Gasteiger partial charge >= 0.3 is 0 Å². The highest BCUT2D eigenvalue weighted by Crippen LogP contribution is 2.30. The maximum atomic E-state index is 12.4. The average molecular weight is 349 g/mol. The third-order valence-corrected chi connectivity index (χ3v) is 5.16. The molecular formula is C23H27NO2. The lowest BCUT2D eigenvalue weighted by Crippen LogP contribution is -2.39. The van der Waals surface area contributed by atoms with Crippen molar-refractivity contribution < 1.29 is 9.90 Å². The first-order chi connectivity index (χ1) is 12.6. The molecule has 136 valence electrons. The maximum absolute atomic E-state index is 12.4. The number of aryl methyl sites for hydroxylation is 1. The Kier molecular flexibility index (Phi) is 6.24. The Morgan fingerprint density at radius 3 is 2.42 bits per heavy atom. The molecule has 2 aromatic carbocycles. The average Bonchev–Trinajstić information content (AvgIpc) is 2.69. The van der Waals surface area contributed by atoms with Crippen molar-refractivity contribution in [1.29, 1.82) is 0 Å². The number of benzene rings is 2. The molecule has 3 nitrogen and oxygen atoms in total. The smallest absolute Gasteiger partial charge is 0.226 e. The molecule has 0 bridgehead atoms. The molecule has 1 atom stereocenters. The van der Waals surface area contributed by atoms with Crippen LogP contribution in [0.5, 0.6) is 0 Å². The molecule has 1 saturated heterocycles. The van der Waals surface area contributed by atoms with Gasteiger partial charge in [-0.3, -0.25) is 4.79 Å². The molecule has 1 aliphatic heterocycles. The summed E-state index contributed by atoms with van der Waals surface area (Å²) in [5.41, 5.74) is 3.32. The lowest BCUT2D eigenvalue weighted by Gasteiger charge is -2.34. The van der Waals surface area contributed by atoms with E-state index in [-0.39, 0.29) is 11.8 Å². The van der Waals surface area contributed by atoms with Crippen molar-refractivity contribution in [1.82, 2.24) is 4.90 Å². The van der Waals surface area contributed by atoms with E-state index in [1.54, 1.807) is 0 Å². The van der Waals surface area contributed by atoms with E-state index in [4.69, 9.17) is 0 Å². The first-order valence-electron chi connectivity index (χ1n) is 9.37. The minimum absolute atomic E-state index is 0.168. The van der Waals surface area contributed by atoms with E-state index in [1.165, 1.54) is 5.56 Å². The van der Waals surface area contributed by atoms with E-state index in [9.17, 15) is 9.90 Å². The van der Waals surface area contributed by atoms with Crippen LogP contribution in [0.2, 0.25) is 0 Å². The first-order valence-corrected chi connectivity index (χ1v) is 9.37. The Bertz CT molecular complexity index is 729. The van der Waals surface area contributed by atoms with Crippen LogP contribution in [0, 0.1) is 12.8 Å². The second kappa shape index (κ2) is 8.81. The van der Waals surface area contributed by atoms with Gasteiger partial charge in [0.25, 0.3) is 0 Å². The molecule has 0 saturated carbocycles. The Hall–Kier alpha value is -2.39. The Balaban J connectivity index is 1.47. The minimum atomic E-state index is -0.435. The quantitative estimate of drug-likeness (QED) is 0.871. The third kappa shape index (κ3) is 4.83. The van der Waals surface area contributed by atoms with Crippen molar-refractivity contribution >= 4 is 12.0 Å². The molecule has 0 spiro atoms. The number of piperidine rings is 1. The van der Waals surface area contributed by atoms with Crippen LogP contribution in [0.4, 0.5) is 0 Å². The van der Waals surface area contributed by atoms with Gasteiger partial charge in [-0.15, -0.1) is 0 Å². The number of aliphatic hydroxyl groups is 1. The molecule has 0 radical (unpaired) electrons. The van der Waals surface area contributed by atoms with Gasteiger partial charge in [0.2, 0.25) is 5.91 Å². The third-order valence-electron chi connectivity index (χ3n) is 5.16. The summed E-state index contributed by atoms with van der Waals surface area (Å²) in [6.45, 7) is 3.52. The largest absolute Gasteiger partial charge is 0.388 e. The zero-order valence-corrected chi connectivity index (χ0v) is 15.3. The van der Waals surface area contributed by atoms with Crippen molar-refractivity contribution in [2.75, 3.05) is 13.1 Å². The monoisotopic (exact) mass is 349 g/mol. The van der Waals surface area contributed by atoms with Crippen LogP contribution in [0.1, 0.15) is 42.1 Å². The maximum Gasteiger partial charge on any atom is 0.226 e. The fourth-order valence-electron chi connectivity index (χ4n) is 3.49. The van der Waals surface area contributed by atoms with Gasteiger partial charge in [-0.2, -0.15) is 0 Å². The molecule has 1 amide bonds. The van der Waals surface area contributed by atoms with Crippen LogP contribution in [0.3, 0.4) is 0 Å². The van der Waals surface area contributed by atoms with Crippen LogP contribution in [0.25, 0.3) is 6.08 Å². The summed E-state index contributed by atoms with van der Waals surface area (Å²) in [7, 11) is 0. The standard InChI is InChI=1S/C23H27NO2/c1-18-10-12-19(13-11-18)6-5-9-22(25)24-16-14-21(15-17-24)23(26)20-7-3-2-4-8-20/h2-8,10-13,21,23,26H,9,14-17H2,1H3. The van der Waals surface area contributed by atoms with Crippen molar-refractivity contribution in [3.63, 3.8) is 0 Å². The van der Waals surface area contributed by atoms with Crippen LogP contribution in [-0.4, -0.2) is 29.0 Å². The second-order valence-electron chi connectivity index (χ2n) is 7.09. The summed E-state index contributed by atoms with van der Waals surface area (Å²) in [4.78, 5) is 14.3. The van der Waals surface area contributed by atoms with Crippen LogP contribution in [0.15, 0.2) is 60.7 Å². The summed E-state index contributed by atoms with van der Waals surface area (Å²) in [6, 6.07) is 18.1. The highest BCUT2D eigenvalue weighted by Gasteiger charge is 2.27. The lowest BCUT2D eigenvalue weighted by atomic mass is 9.87. The van der Waals surface area contributed by atoms with Crippen LogP contribution in [-0.2, 0) is 4.79 Å².